The molecule has 0 radical (unpaired) electrons. The first-order valence-corrected chi connectivity index (χ1v) is 12.8. The summed E-state index contributed by atoms with van der Waals surface area (Å²) in [5, 5.41) is 1.79. The number of carbonyl (C=O) groups is 1. The van der Waals surface area contributed by atoms with E-state index in [1.54, 1.807) is 18.2 Å². The Morgan fingerprint density at radius 2 is 1.57 bits per heavy atom. The lowest BCUT2D eigenvalue weighted by Gasteiger charge is -2.30. The zero-order valence-corrected chi connectivity index (χ0v) is 19.5. The van der Waals surface area contributed by atoms with Gasteiger partial charge in [0.1, 0.15) is 16.9 Å². The molecule has 0 atom stereocenters. The summed E-state index contributed by atoms with van der Waals surface area (Å²) >= 11 is 0. The van der Waals surface area contributed by atoms with E-state index in [-0.39, 0.29) is 10.5 Å². The predicted molar refractivity (Wildman–Crippen MR) is 134 cm³/mol. The van der Waals surface area contributed by atoms with Crippen LogP contribution in [0.2, 0.25) is 0 Å². The van der Waals surface area contributed by atoms with Gasteiger partial charge in [-0.05, 0) is 73.0 Å². The van der Waals surface area contributed by atoms with E-state index in [4.69, 9.17) is 9.15 Å². The van der Waals surface area contributed by atoms with E-state index in [2.05, 4.69) is 0 Å². The van der Waals surface area contributed by atoms with E-state index in [0.717, 1.165) is 34.8 Å². The smallest absolute Gasteiger partial charge is 0.343 e. The minimum Gasteiger partial charge on any atom is -0.456 e. The summed E-state index contributed by atoms with van der Waals surface area (Å²) in [7, 11) is -3.74. The highest BCUT2D eigenvalue weighted by Crippen LogP contribution is 2.33. The summed E-state index contributed by atoms with van der Waals surface area (Å²) in [4.78, 5) is 12.9. The molecule has 1 aliphatic rings. The quantitative estimate of drug-likeness (QED) is 0.233. The molecule has 6 rings (SSSR count). The second-order valence-corrected chi connectivity index (χ2v) is 10.3. The molecule has 5 aromatic rings. The first-order chi connectivity index (χ1) is 17.0. The molecule has 174 valence electrons. The lowest BCUT2D eigenvalue weighted by molar-refractivity contribution is 0.0735. The van der Waals surface area contributed by atoms with Crippen LogP contribution in [0.1, 0.15) is 22.3 Å². The number of esters is 1. The third-order valence-electron chi connectivity index (χ3n) is 6.30. The van der Waals surface area contributed by atoms with Crippen LogP contribution >= 0.6 is 0 Å². The SMILES string of the molecule is O=C(Oc1ccc2oc3ccccc3c2c1)c1ccc(S(=O)(=O)N2CCCc3ccccc32)cc1. The monoisotopic (exact) mass is 483 g/mol. The Kier molecular flexibility index (Phi) is 5.07. The summed E-state index contributed by atoms with van der Waals surface area (Å²) < 4.78 is 39.5. The first-order valence-electron chi connectivity index (χ1n) is 11.3. The van der Waals surface area contributed by atoms with Crippen molar-refractivity contribution in [2.75, 3.05) is 10.8 Å². The molecule has 0 saturated heterocycles. The van der Waals surface area contributed by atoms with E-state index in [1.165, 1.54) is 28.6 Å². The highest BCUT2D eigenvalue weighted by molar-refractivity contribution is 7.92. The van der Waals surface area contributed by atoms with Crippen molar-refractivity contribution in [3.8, 4) is 5.75 Å². The molecule has 1 aromatic heterocycles. The fourth-order valence-electron chi connectivity index (χ4n) is 4.57. The Bertz CT molecular complexity index is 1690. The molecule has 6 nitrogen and oxygen atoms in total. The number of furan rings is 1. The minimum absolute atomic E-state index is 0.136. The zero-order valence-electron chi connectivity index (χ0n) is 18.7. The van der Waals surface area contributed by atoms with Crippen LogP contribution in [0.3, 0.4) is 0 Å². The van der Waals surface area contributed by atoms with Gasteiger partial charge in [0.15, 0.2) is 0 Å². The van der Waals surface area contributed by atoms with E-state index in [0.29, 0.717) is 23.6 Å². The largest absolute Gasteiger partial charge is 0.456 e. The van der Waals surface area contributed by atoms with Crippen molar-refractivity contribution in [3.63, 3.8) is 0 Å². The number of ether oxygens (including phenoxy) is 1. The van der Waals surface area contributed by atoms with Gasteiger partial charge in [-0.2, -0.15) is 0 Å². The highest BCUT2D eigenvalue weighted by Gasteiger charge is 2.29. The third kappa shape index (κ3) is 3.74. The van der Waals surface area contributed by atoms with Crippen molar-refractivity contribution >= 4 is 43.6 Å². The van der Waals surface area contributed by atoms with Gasteiger partial charge in [-0.15, -0.1) is 0 Å². The normalized spacial score (nSPS) is 13.7. The predicted octanol–water partition coefficient (Wildman–Crippen LogP) is 5.95. The molecule has 0 unspecified atom stereocenters. The Balaban J connectivity index is 1.24. The maximum Gasteiger partial charge on any atom is 0.343 e. The summed E-state index contributed by atoms with van der Waals surface area (Å²) in [6, 6.07) is 26.3. The Hall–Kier alpha value is -4.10. The van der Waals surface area contributed by atoms with Crippen molar-refractivity contribution in [2.45, 2.75) is 17.7 Å². The lowest BCUT2D eigenvalue weighted by Crippen LogP contribution is -2.35. The van der Waals surface area contributed by atoms with Crippen molar-refractivity contribution in [1.82, 2.24) is 0 Å². The van der Waals surface area contributed by atoms with E-state index in [9.17, 15) is 13.2 Å². The van der Waals surface area contributed by atoms with Crippen molar-refractivity contribution < 1.29 is 22.4 Å². The molecule has 0 N–H and O–H groups in total. The maximum absolute atomic E-state index is 13.3. The highest BCUT2D eigenvalue weighted by atomic mass is 32.2. The zero-order chi connectivity index (χ0) is 24.0. The number of sulfonamides is 1. The summed E-state index contributed by atoms with van der Waals surface area (Å²) in [6.45, 7) is 0.425. The standard InChI is InChI=1S/C28H21NO5S/c30-28(33-21-13-16-27-24(18-21)23-8-2-4-10-26(23)34-27)20-11-14-22(15-12-20)35(31,32)29-17-5-7-19-6-1-3-9-25(19)29/h1-4,6,8-16,18H,5,7,17H2. The number of hydrogen-bond donors (Lipinski definition) is 0. The average Bonchev–Trinajstić information content (AvgIpc) is 3.26. The fraction of sp³-hybridized carbons (Fsp3) is 0.107. The Morgan fingerprint density at radius 3 is 2.43 bits per heavy atom. The number of fused-ring (bicyclic) bond motifs is 4. The number of benzene rings is 4. The molecule has 7 heteroatoms. The van der Waals surface area contributed by atoms with Crippen LogP contribution in [0.5, 0.6) is 5.75 Å². The van der Waals surface area contributed by atoms with Crippen LogP contribution in [0.15, 0.2) is 100 Å². The summed E-state index contributed by atoms with van der Waals surface area (Å²) in [6.07, 6.45) is 1.62. The number of aryl methyl sites for hydroxylation is 1. The number of nitrogens with zero attached hydrogens (tertiary/aromatic N) is 1. The molecule has 0 spiro atoms. The fourth-order valence-corrected chi connectivity index (χ4v) is 6.11. The van der Waals surface area contributed by atoms with Crippen LogP contribution in [0, 0.1) is 0 Å². The topological polar surface area (TPSA) is 76.8 Å². The number of rotatable bonds is 4. The number of carbonyl (C=O) groups excluding carboxylic acids is 1. The van der Waals surface area contributed by atoms with Gasteiger partial charge >= 0.3 is 5.97 Å². The van der Waals surface area contributed by atoms with Crippen LogP contribution in [-0.4, -0.2) is 20.9 Å². The molecule has 0 aliphatic carbocycles. The number of anilines is 1. The van der Waals surface area contributed by atoms with E-state index in [1.807, 2.05) is 48.5 Å². The van der Waals surface area contributed by atoms with Gasteiger partial charge in [0.25, 0.3) is 10.0 Å². The van der Waals surface area contributed by atoms with Gasteiger partial charge < -0.3 is 9.15 Å². The second-order valence-electron chi connectivity index (χ2n) is 8.48. The van der Waals surface area contributed by atoms with Crippen LogP contribution in [0.25, 0.3) is 21.9 Å². The first kappa shape index (κ1) is 21.4. The third-order valence-corrected chi connectivity index (χ3v) is 8.13. The molecule has 0 bridgehead atoms. The lowest BCUT2D eigenvalue weighted by atomic mass is 10.0. The van der Waals surface area contributed by atoms with Crippen LogP contribution in [-0.2, 0) is 16.4 Å². The molecule has 2 heterocycles. The molecule has 4 aromatic carbocycles. The maximum atomic E-state index is 13.3. The van der Waals surface area contributed by atoms with Gasteiger partial charge in [-0.1, -0.05) is 36.4 Å². The second kappa shape index (κ2) is 8.29. The molecule has 0 saturated carbocycles. The number of hydrogen-bond acceptors (Lipinski definition) is 5. The molecular formula is C28H21NO5S. The van der Waals surface area contributed by atoms with Gasteiger partial charge in [0.05, 0.1) is 16.1 Å². The van der Waals surface area contributed by atoms with Crippen molar-refractivity contribution in [3.05, 3.63) is 102 Å². The van der Waals surface area contributed by atoms with E-state index >= 15 is 0 Å². The molecule has 1 aliphatic heterocycles. The van der Waals surface area contributed by atoms with Crippen molar-refractivity contribution in [1.29, 1.82) is 0 Å². The van der Waals surface area contributed by atoms with Crippen molar-refractivity contribution in [2.24, 2.45) is 0 Å². The Labute approximate surface area is 202 Å². The van der Waals surface area contributed by atoms with Crippen LogP contribution < -0.4 is 9.04 Å². The van der Waals surface area contributed by atoms with E-state index < -0.39 is 16.0 Å². The van der Waals surface area contributed by atoms with Gasteiger partial charge in [-0.25, -0.2) is 13.2 Å². The molecular weight excluding hydrogens is 462 g/mol. The number of para-hydroxylation sites is 2. The summed E-state index contributed by atoms with van der Waals surface area (Å²) in [5.74, 6) is -0.180. The Morgan fingerprint density at radius 1 is 0.829 bits per heavy atom. The summed E-state index contributed by atoms with van der Waals surface area (Å²) in [5.41, 5.74) is 3.47. The molecule has 0 fully saturated rings. The van der Waals surface area contributed by atoms with Gasteiger partial charge in [0.2, 0.25) is 0 Å². The minimum atomic E-state index is -3.74. The van der Waals surface area contributed by atoms with Gasteiger partial charge in [-0.3, -0.25) is 4.31 Å². The molecule has 35 heavy (non-hydrogen) atoms. The molecule has 0 amide bonds. The van der Waals surface area contributed by atoms with Crippen LogP contribution in [0.4, 0.5) is 5.69 Å². The average molecular weight is 484 g/mol. The van der Waals surface area contributed by atoms with Gasteiger partial charge in [0, 0.05) is 17.3 Å².